The molecule has 2 bridgehead atoms. The Morgan fingerprint density at radius 2 is 1.67 bits per heavy atom. The molecule has 3 aliphatic heterocycles. The molecular weight excluding hydrogens is 588 g/mol. The number of hydrogen-bond donors (Lipinski definition) is 1. The maximum atomic E-state index is 13.7. The summed E-state index contributed by atoms with van der Waals surface area (Å²) in [6, 6.07) is 10.6. The smallest absolute Gasteiger partial charge is 0.337 e. The summed E-state index contributed by atoms with van der Waals surface area (Å²) in [6.07, 6.45) is 1.30. The second-order valence-electron chi connectivity index (χ2n) is 12.3. The van der Waals surface area contributed by atoms with E-state index in [2.05, 4.69) is 21.7 Å². The molecule has 1 aromatic heterocycles. The van der Waals surface area contributed by atoms with Crippen molar-refractivity contribution >= 4 is 23.3 Å². The zero-order valence-electron chi connectivity index (χ0n) is 25.5. The van der Waals surface area contributed by atoms with Crippen LogP contribution in [0.25, 0.3) is 0 Å². The number of carbonyl (C=O) groups excluding carboxylic acids is 2. The Hall–Kier alpha value is -3.93. The van der Waals surface area contributed by atoms with Crippen molar-refractivity contribution < 1.29 is 27.2 Å². The second-order valence-corrected chi connectivity index (χ2v) is 12.3. The van der Waals surface area contributed by atoms with Crippen molar-refractivity contribution in [1.29, 1.82) is 0 Å². The minimum atomic E-state index is -4.47. The van der Waals surface area contributed by atoms with Gasteiger partial charge in [-0.3, -0.25) is 14.6 Å². The van der Waals surface area contributed by atoms with E-state index in [9.17, 15) is 27.2 Å². The van der Waals surface area contributed by atoms with Gasteiger partial charge in [-0.05, 0) is 87.6 Å². The fourth-order valence-electron chi connectivity index (χ4n) is 7.43. The van der Waals surface area contributed by atoms with Gasteiger partial charge in [0.2, 0.25) is 5.91 Å². The number of nitrogens with one attached hydrogen (secondary N) is 1. The van der Waals surface area contributed by atoms with Crippen LogP contribution in [-0.2, 0) is 23.9 Å². The average molecular weight is 627 g/mol. The number of carbonyl (C=O) groups is 2. The number of hydrogen-bond acceptors (Lipinski definition) is 4. The highest BCUT2D eigenvalue weighted by Crippen LogP contribution is 2.42. The molecule has 8 nitrogen and oxygen atoms in total. The summed E-state index contributed by atoms with van der Waals surface area (Å²) in [5.41, 5.74) is 2.23. The maximum Gasteiger partial charge on any atom is 0.416 e. The molecule has 6 rings (SSSR count). The van der Waals surface area contributed by atoms with Crippen molar-refractivity contribution in [3.63, 3.8) is 0 Å². The van der Waals surface area contributed by atoms with Gasteiger partial charge in [-0.25, -0.2) is 14.2 Å². The lowest BCUT2D eigenvalue weighted by molar-refractivity contribution is -0.137. The Labute approximate surface area is 260 Å². The largest absolute Gasteiger partial charge is 0.416 e. The van der Waals surface area contributed by atoms with Crippen LogP contribution in [0, 0.1) is 12.7 Å². The summed E-state index contributed by atoms with van der Waals surface area (Å²) < 4.78 is 55.1. The number of benzene rings is 2. The van der Waals surface area contributed by atoms with Crippen LogP contribution in [0.15, 0.2) is 48.5 Å². The molecule has 0 saturated carbocycles. The van der Waals surface area contributed by atoms with E-state index in [-0.39, 0.29) is 11.6 Å². The van der Waals surface area contributed by atoms with Crippen molar-refractivity contribution in [2.24, 2.45) is 0 Å². The Morgan fingerprint density at radius 3 is 2.29 bits per heavy atom. The van der Waals surface area contributed by atoms with Gasteiger partial charge in [-0.15, -0.1) is 0 Å². The van der Waals surface area contributed by atoms with Gasteiger partial charge >= 0.3 is 12.2 Å². The van der Waals surface area contributed by atoms with Crippen LogP contribution in [-0.4, -0.2) is 63.0 Å². The van der Waals surface area contributed by atoms with E-state index in [1.165, 1.54) is 47.0 Å². The predicted octanol–water partition coefficient (Wildman–Crippen LogP) is 6.55. The number of aromatic nitrogens is 2. The molecule has 45 heavy (non-hydrogen) atoms. The monoisotopic (exact) mass is 626 g/mol. The van der Waals surface area contributed by atoms with Crippen molar-refractivity contribution in [3.05, 3.63) is 77.1 Å². The van der Waals surface area contributed by atoms with E-state index in [0.717, 1.165) is 68.8 Å². The number of anilines is 2. The summed E-state index contributed by atoms with van der Waals surface area (Å²) in [6.45, 7) is 6.11. The van der Waals surface area contributed by atoms with E-state index in [1.807, 2.05) is 4.90 Å². The first-order chi connectivity index (χ1) is 21.5. The van der Waals surface area contributed by atoms with Crippen LogP contribution in [0.2, 0.25) is 0 Å². The van der Waals surface area contributed by atoms with Crippen molar-refractivity contribution in [2.75, 3.05) is 29.9 Å². The first-order valence-electron chi connectivity index (χ1n) is 15.6. The third-order valence-electron chi connectivity index (χ3n) is 9.54. The van der Waals surface area contributed by atoms with Crippen molar-refractivity contribution in [3.8, 4) is 0 Å². The molecule has 3 aromatic rings. The highest BCUT2D eigenvalue weighted by Gasteiger charge is 2.42. The average Bonchev–Trinajstić information content (AvgIpc) is 3.45. The molecule has 240 valence electrons. The normalized spacial score (nSPS) is 21.5. The molecule has 12 heteroatoms. The Kier molecular flexibility index (Phi) is 8.60. The molecule has 1 N–H and O–H groups in total. The van der Waals surface area contributed by atoms with Crippen LogP contribution < -0.4 is 10.2 Å². The Morgan fingerprint density at radius 1 is 1.00 bits per heavy atom. The molecule has 0 aliphatic carbocycles. The molecule has 3 atom stereocenters. The Balaban J connectivity index is 1.10. The lowest BCUT2D eigenvalue weighted by Crippen LogP contribution is -2.45. The van der Waals surface area contributed by atoms with Gasteiger partial charge in [-0.2, -0.15) is 13.2 Å². The van der Waals surface area contributed by atoms with E-state index in [4.69, 9.17) is 4.98 Å². The van der Waals surface area contributed by atoms with Crippen LogP contribution in [0.4, 0.5) is 33.7 Å². The number of halogens is 4. The molecule has 2 fully saturated rings. The van der Waals surface area contributed by atoms with Crippen LogP contribution in [0.5, 0.6) is 0 Å². The number of imidazole rings is 1. The zero-order valence-corrected chi connectivity index (χ0v) is 25.5. The second kappa shape index (κ2) is 12.5. The molecule has 0 spiro atoms. The maximum absolute atomic E-state index is 13.7. The first-order valence-corrected chi connectivity index (χ1v) is 15.6. The number of nitrogens with zero attached hydrogens (tertiary/aromatic N) is 5. The number of piperidine rings is 1. The molecule has 3 amide bonds. The fourth-order valence-corrected chi connectivity index (χ4v) is 7.43. The number of aryl methyl sites for hydroxylation is 1. The lowest BCUT2D eigenvalue weighted by Gasteiger charge is -2.41. The van der Waals surface area contributed by atoms with Crippen LogP contribution in [0.3, 0.4) is 0 Å². The van der Waals surface area contributed by atoms with Gasteiger partial charge in [0.25, 0.3) is 0 Å². The van der Waals surface area contributed by atoms with Crippen LogP contribution in [0.1, 0.15) is 67.8 Å². The van der Waals surface area contributed by atoms with E-state index in [0.29, 0.717) is 43.3 Å². The number of amides is 3. The fraction of sp³-hybridized carbons (Fsp3) is 0.485. The van der Waals surface area contributed by atoms with Gasteiger partial charge < -0.3 is 14.8 Å². The highest BCUT2D eigenvalue weighted by atomic mass is 19.4. The quantitative estimate of drug-likeness (QED) is 0.302. The molecule has 2 aromatic carbocycles. The Bertz CT molecular complexity index is 1520. The van der Waals surface area contributed by atoms with Crippen molar-refractivity contribution in [2.45, 2.75) is 83.2 Å². The summed E-state index contributed by atoms with van der Waals surface area (Å²) in [5, 5.41) is 2.69. The first kappa shape index (κ1) is 31.1. The van der Waals surface area contributed by atoms with Crippen molar-refractivity contribution in [1.82, 2.24) is 19.4 Å². The van der Waals surface area contributed by atoms with Gasteiger partial charge in [0, 0.05) is 68.2 Å². The number of rotatable bonds is 7. The van der Waals surface area contributed by atoms with Gasteiger partial charge in [0.1, 0.15) is 11.6 Å². The molecule has 2 saturated heterocycles. The molecule has 4 heterocycles. The third kappa shape index (κ3) is 6.56. The molecule has 0 radical (unpaired) electrons. The molecule has 1 unspecified atom stereocenters. The number of fused-ring (bicyclic) bond motifs is 3. The lowest BCUT2D eigenvalue weighted by atomic mass is 9.95. The minimum absolute atomic E-state index is 0.0780. The number of alkyl halides is 3. The summed E-state index contributed by atoms with van der Waals surface area (Å²) in [4.78, 5) is 36.0. The van der Waals surface area contributed by atoms with E-state index < -0.39 is 23.6 Å². The summed E-state index contributed by atoms with van der Waals surface area (Å²) in [7, 11) is 0. The van der Waals surface area contributed by atoms with Crippen LogP contribution >= 0.6 is 0 Å². The number of urea groups is 1. The van der Waals surface area contributed by atoms with Gasteiger partial charge in [0.05, 0.1) is 17.8 Å². The summed E-state index contributed by atoms with van der Waals surface area (Å²) in [5.74, 6) is 0.665. The summed E-state index contributed by atoms with van der Waals surface area (Å²) >= 11 is 0. The SMILES string of the molecule is CC(=O)N1CCc2c(nc(C)n2C2C[C@H]3CC[C@@H](C2)N3CCCN(C(=O)Nc2ccc(C(F)(F)F)cc2)c2ccc(F)cc2)C1. The predicted molar refractivity (Wildman–Crippen MR) is 162 cm³/mol. The van der Waals surface area contributed by atoms with E-state index in [1.54, 1.807) is 6.92 Å². The van der Waals surface area contributed by atoms with Gasteiger partial charge in [0.15, 0.2) is 0 Å². The topological polar surface area (TPSA) is 73.7 Å². The van der Waals surface area contributed by atoms with E-state index >= 15 is 0 Å². The third-order valence-corrected chi connectivity index (χ3v) is 9.54. The minimum Gasteiger partial charge on any atom is -0.337 e. The molecule has 3 aliphatic rings. The highest BCUT2D eigenvalue weighted by molar-refractivity contribution is 6.01. The standard InChI is InChI=1S/C33H38F4N6O2/c1-21-38-30-20-40(22(2)44)17-14-31(30)43(21)29-18-27-12-13-28(19-29)41(27)15-3-16-42(26-10-6-24(34)7-11-26)32(45)39-25-8-4-23(5-9-25)33(35,36)37/h4-11,27-29H,3,12-20H2,1-2H3,(H,39,45)/t27-,28+,29?. The molecular formula is C33H38F4N6O2. The van der Waals surface area contributed by atoms with Gasteiger partial charge in [-0.1, -0.05) is 0 Å². The zero-order chi connectivity index (χ0) is 31.9.